The number of nitrogens with zero attached hydrogens (tertiary/aromatic N) is 1. The van der Waals surface area contributed by atoms with Crippen molar-refractivity contribution >= 4 is 38.9 Å². The van der Waals surface area contributed by atoms with Crippen LogP contribution in [0.1, 0.15) is 37.0 Å². The molecule has 1 aliphatic heterocycles. The summed E-state index contributed by atoms with van der Waals surface area (Å²) in [5.41, 5.74) is 6.78. The predicted octanol–water partition coefficient (Wildman–Crippen LogP) is 4.32. The third-order valence-electron chi connectivity index (χ3n) is 5.58. The largest absolute Gasteiger partial charge is 0.303 e. The maximum atomic E-state index is 6.61. The molecule has 2 aromatic rings. The van der Waals surface area contributed by atoms with Gasteiger partial charge in [-0.05, 0) is 50.0 Å². The maximum Gasteiger partial charge on any atom is 0.156 e. The first kappa shape index (κ1) is 13.3. The maximum absolute atomic E-state index is 6.61. The first-order chi connectivity index (χ1) is 10.8. The molecule has 2 heterocycles. The van der Waals surface area contributed by atoms with Crippen molar-refractivity contribution in [3.8, 4) is 0 Å². The Bertz CT molecular complexity index is 775. The van der Waals surface area contributed by atoms with Gasteiger partial charge in [0.1, 0.15) is 5.66 Å². The lowest BCUT2D eigenvalue weighted by molar-refractivity contribution is 0.0506. The first-order valence-electron chi connectivity index (χ1n) is 8.06. The van der Waals surface area contributed by atoms with E-state index in [4.69, 9.17) is 16.6 Å². The molecule has 3 nitrogen and oxygen atoms in total. The van der Waals surface area contributed by atoms with Crippen LogP contribution in [0, 0.1) is 11.8 Å². The Morgan fingerprint density at radius 2 is 2.00 bits per heavy atom. The number of benzene rings is 1. The van der Waals surface area contributed by atoms with E-state index in [2.05, 4.69) is 29.1 Å². The Labute approximate surface area is 138 Å². The fraction of sp³-hybridized carbons (Fsp3) is 0.471. The highest BCUT2D eigenvalue weighted by Gasteiger charge is 2.50. The Morgan fingerprint density at radius 3 is 2.73 bits per heavy atom. The highest BCUT2D eigenvalue weighted by atomic mass is 35.5. The molecule has 1 atom stereocenters. The SMILES string of the molecule is Clc1c(C2=N[C@]3(CC4CCC3CC4)NN2)sc2ccccc12. The molecule has 4 aliphatic rings. The molecule has 22 heavy (non-hydrogen) atoms. The molecular formula is C17H18ClN3S. The van der Waals surface area contributed by atoms with Crippen molar-refractivity contribution in [2.24, 2.45) is 16.8 Å². The van der Waals surface area contributed by atoms with Crippen molar-refractivity contribution in [2.75, 3.05) is 0 Å². The molecule has 2 N–H and O–H groups in total. The minimum atomic E-state index is -0.0873. The Morgan fingerprint density at radius 1 is 1.18 bits per heavy atom. The second kappa shape index (κ2) is 4.70. The van der Waals surface area contributed by atoms with Crippen LogP contribution in [0.5, 0.6) is 0 Å². The lowest BCUT2D eigenvalue weighted by atomic mass is 9.65. The minimum Gasteiger partial charge on any atom is -0.303 e. The molecule has 2 bridgehead atoms. The third kappa shape index (κ3) is 1.81. The number of fused-ring (bicyclic) bond motifs is 3. The number of hydrogen-bond donors (Lipinski definition) is 2. The zero-order chi connectivity index (χ0) is 14.7. The summed E-state index contributed by atoms with van der Waals surface area (Å²) in [5.74, 6) is 2.43. The molecule has 1 aromatic carbocycles. The van der Waals surface area contributed by atoms with Gasteiger partial charge in [0.15, 0.2) is 5.84 Å². The lowest BCUT2D eigenvalue weighted by Gasteiger charge is -2.47. The van der Waals surface area contributed by atoms with Crippen LogP contribution in [0.3, 0.4) is 0 Å². The van der Waals surface area contributed by atoms with Gasteiger partial charge in [-0.2, -0.15) is 0 Å². The van der Waals surface area contributed by atoms with Crippen molar-refractivity contribution in [3.05, 3.63) is 34.2 Å². The number of amidine groups is 1. The van der Waals surface area contributed by atoms with E-state index >= 15 is 0 Å². The zero-order valence-corrected chi connectivity index (χ0v) is 13.8. The second-order valence-corrected chi connectivity index (χ2v) is 8.23. The molecule has 6 rings (SSSR count). The summed E-state index contributed by atoms with van der Waals surface area (Å²) in [6.07, 6.45) is 6.52. The normalized spacial score (nSPS) is 33.4. The van der Waals surface area contributed by atoms with Crippen LogP contribution >= 0.6 is 22.9 Å². The summed E-state index contributed by atoms with van der Waals surface area (Å²) in [7, 11) is 0. The van der Waals surface area contributed by atoms with Gasteiger partial charge >= 0.3 is 0 Å². The van der Waals surface area contributed by atoms with Gasteiger partial charge in [-0.25, -0.2) is 10.4 Å². The van der Waals surface area contributed by atoms with Crippen LogP contribution in [0.25, 0.3) is 10.1 Å². The van der Waals surface area contributed by atoms with E-state index in [9.17, 15) is 0 Å². The molecule has 0 amide bonds. The number of hydrogen-bond acceptors (Lipinski definition) is 4. The fourth-order valence-electron chi connectivity index (χ4n) is 4.44. The average Bonchev–Trinajstić information content (AvgIpc) is 3.11. The molecular weight excluding hydrogens is 314 g/mol. The van der Waals surface area contributed by atoms with Crippen LogP contribution in [0.2, 0.25) is 5.02 Å². The Hall–Kier alpha value is -1.10. The van der Waals surface area contributed by atoms with E-state index in [1.54, 1.807) is 11.3 Å². The molecule has 3 fully saturated rings. The molecule has 5 heteroatoms. The van der Waals surface area contributed by atoms with Gasteiger partial charge in [0, 0.05) is 10.1 Å². The van der Waals surface area contributed by atoms with Crippen LogP contribution < -0.4 is 10.9 Å². The lowest BCUT2D eigenvalue weighted by Crippen LogP contribution is -2.56. The van der Waals surface area contributed by atoms with Crippen molar-refractivity contribution in [1.29, 1.82) is 0 Å². The fourth-order valence-corrected chi connectivity index (χ4v) is 5.90. The highest BCUT2D eigenvalue weighted by Crippen LogP contribution is 2.49. The van der Waals surface area contributed by atoms with Crippen molar-refractivity contribution in [1.82, 2.24) is 10.9 Å². The highest BCUT2D eigenvalue weighted by molar-refractivity contribution is 7.21. The topological polar surface area (TPSA) is 36.4 Å². The quantitative estimate of drug-likeness (QED) is 0.816. The van der Waals surface area contributed by atoms with Gasteiger partial charge in [0.2, 0.25) is 0 Å². The van der Waals surface area contributed by atoms with Crippen LogP contribution in [-0.4, -0.2) is 11.5 Å². The van der Waals surface area contributed by atoms with Crippen LogP contribution in [-0.2, 0) is 0 Å². The molecule has 0 unspecified atom stereocenters. The van der Waals surface area contributed by atoms with E-state index in [0.717, 1.165) is 33.5 Å². The van der Waals surface area contributed by atoms with Crippen LogP contribution in [0.4, 0.5) is 0 Å². The Kier molecular flexibility index (Phi) is 2.85. The van der Waals surface area contributed by atoms with Crippen molar-refractivity contribution < 1.29 is 0 Å². The first-order valence-corrected chi connectivity index (χ1v) is 9.25. The van der Waals surface area contributed by atoms with Gasteiger partial charge < -0.3 is 5.43 Å². The minimum absolute atomic E-state index is 0.0873. The number of nitrogens with one attached hydrogen (secondary N) is 2. The van der Waals surface area contributed by atoms with Crippen LogP contribution in [0.15, 0.2) is 29.3 Å². The third-order valence-corrected chi connectivity index (χ3v) is 7.26. The summed E-state index contributed by atoms with van der Waals surface area (Å²) in [5, 5.41) is 1.95. The van der Waals surface area contributed by atoms with Gasteiger partial charge in [-0.15, -0.1) is 11.3 Å². The predicted molar refractivity (Wildman–Crippen MR) is 92.4 cm³/mol. The van der Waals surface area contributed by atoms with Gasteiger partial charge in [0.25, 0.3) is 0 Å². The summed E-state index contributed by atoms with van der Waals surface area (Å²) < 4.78 is 1.22. The van der Waals surface area contributed by atoms with E-state index in [1.807, 2.05) is 6.07 Å². The molecule has 3 aliphatic carbocycles. The molecule has 3 saturated carbocycles. The van der Waals surface area contributed by atoms with E-state index in [0.29, 0.717) is 5.92 Å². The number of hydrazine groups is 1. The molecule has 1 aromatic heterocycles. The summed E-state index contributed by atoms with van der Waals surface area (Å²) in [6.45, 7) is 0. The van der Waals surface area contributed by atoms with Gasteiger partial charge in [-0.1, -0.05) is 29.8 Å². The Balaban J connectivity index is 1.58. The van der Waals surface area contributed by atoms with E-state index < -0.39 is 0 Å². The monoisotopic (exact) mass is 331 g/mol. The van der Waals surface area contributed by atoms with E-state index in [1.165, 1.54) is 30.4 Å². The summed E-state index contributed by atoms with van der Waals surface area (Å²) >= 11 is 8.33. The number of thiophene rings is 1. The smallest absolute Gasteiger partial charge is 0.156 e. The number of aliphatic imine (C=N–C) groups is 1. The molecule has 114 valence electrons. The standard InChI is InChI=1S/C17H18ClN3S/c18-14-12-3-1-2-4-13(12)22-15(14)16-19-17(21-20-16)9-10-5-7-11(17)8-6-10/h1-4,10-11,21H,5-9H2,(H,19,20)/t10?,11?,17-/m1/s1. The summed E-state index contributed by atoms with van der Waals surface area (Å²) in [4.78, 5) is 6.17. The average molecular weight is 332 g/mol. The molecule has 0 saturated heterocycles. The van der Waals surface area contributed by atoms with Gasteiger partial charge in [0.05, 0.1) is 9.90 Å². The number of halogens is 1. The van der Waals surface area contributed by atoms with Crippen molar-refractivity contribution in [3.63, 3.8) is 0 Å². The second-order valence-electron chi connectivity index (χ2n) is 6.80. The molecule has 0 radical (unpaired) electrons. The zero-order valence-electron chi connectivity index (χ0n) is 12.2. The van der Waals surface area contributed by atoms with Crippen molar-refractivity contribution in [2.45, 2.75) is 37.8 Å². The van der Waals surface area contributed by atoms with E-state index in [-0.39, 0.29) is 5.66 Å². The molecule has 1 spiro atoms. The summed E-state index contributed by atoms with van der Waals surface area (Å²) in [6, 6.07) is 8.30. The number of rotatable bonds is 1. The van der Waals surface area contributed by atoms with Gasteiger partial charge in [-0.3, -0.25) is 0 Å².